The predicted octanol–water partition coefficient (Wildman–Crippen LogP) is -0.566. The van der Waals surface area contributed by atoms with Crippen LogP contribution >= 0.6 is 0 Å². The zero-order valence-corrected chi connectivity index (χ0v) is 14.3. The molecule has 17 heavy (non-hydrogen) atoms. The van der Waals surface area contributed by atoms with Crippen molar-refractivity contribution in [2.75, 3.05) is 37.6 Å². The molecule has 0 amide bonds. The molecule has 0 aromatic heterocycles. The minimum Gasteiger partial charge on any atom is -0.685 e. The molecule has 0 atom stereocenters. The van der Waals surface area contributed by atoms with Crippen molar-refractivity contribution in [3.8, 4) is 0 Å². The number of benzene rings is 1. The van der Waals surface area contributed by atoms with E-state index in [0.29, 0.717) is 0 Å². The van der Waals surface area contributed by atoms with Crippen molar-refractivity contribution in [3.63, 3.8) is 0 Å². The first-order valence-electron chi connectivity index (χ1n) is 6.05. The van der Waals surface area contributed by atoms with Crippen LogP contribution < -0.4 is 61.6 Å². The van der Waals surface area contributed by atoms with Gasteiger partial charge in [-0.25, -0.2) is 0 Å². The first-order valence-corrected chi connectivity index (χ1v) is 6.05. The Bertz CT molecular complexity index is 349. The molecule has 88 valence electrons. The molecule has 1 N–H and O–H groups in total. The number of aryl methyl sites for hydroxylation is 1. The predicted molar refractivity (Wildman–Crippen MR) is 69.8 cm³/mol. The van der Waals surface area contributed by atoms with Gasteiger partial charge >= 0.3 is 51.4 Å². The van der Waals surface area contributed by atoms with Gasteiger partial charge in [0.25, 0.3) is 0 Å². The maximum atomic E-state index is 4.42. The Morgan fingerprint density at radius 3 is 2.59 bits per heavy atom. The summed E-state index contributed by atoms with van der Waals surface area (Å²) in [6.07, 6.45) is 0. The number of rotatable bonds is 3. The van der Waals surface area contributed by atoms with Crippen molar-refractivity contribution in [2.45, 2.75) is 13.8 Å². The summed E-state index contributed by atoms with van der Waals surface area (Å²) in [5.74, 6) is 0. The summed E-state index contributed by atoms with van der Waals surface area (Å²) in [6, 6.07) is 6.50. The molecule has 1 aliphatic heterocycles. The van der Waals surface area contributed by atoms with Gasteiger partial charge in [0.05, 0.1) is 0 Å². The summed E-state index contributed by atoms with van der Waals surface area (Å²) in [5, 5.41) is 7.80. The summed E-state index contributed by atoms with van der Waals surface area (Å²) >= 11 is 0. The van der Waals surface area contributed by atoms with Crippen LogP contribution in [0.2, 0.25) is 0 Å². The third-order valence-corrected chi connectivity index (χ3v) is 2.98. The Morgan fingerprint density at radius 2 is 2.00 bits per heavy atom. The SMILES string of the molecule is CC[N-]c1ccc(N2CCNCC2)c(C)c1.[K+]. The Morgan fingerprint density at radius 1 is 1.29 bits per heavy atom. The van der Waals surface area contributed by atoms with Crippen LogP contribution in [0.15, 0.2) is 18.2 Å². The topological polar surface area (TPSA) is 29.4 Å². The molecule has 2 rings (SSSR count). The quantitative estimate of drug-likeness (QED) is 0.735. The Hall–Kier alpha value is 0.416. The smallest absolute Gasteiger partial charge is 0.685 e. The molecule has 1 fully saturated rings. The summed E-state index contributed by atoms with van der Waals surface area (Å²) < 4.78 is 0. The molecule has 0 aliphatic carbocycles. The number of anilines is 1. The number of piperazine rings is 1. The minimum absolute atomic E-state index is 0. The largest absolute Gasteiger partial charge is 1.00 e. The fourth-order valence-electron chi connectivity index (χ4n) is 2.18. The van der Waals surface area contributed by atoms with Crippen LogP contribution in [0.4, 0.5) is 11.4 Å². The van der Waals surface area contributed by atoms with Crippen molar-refractivity contribution in [3.05, 3.63) is 29.1 Å². The van der Waals surface area contributed by atoms with Gasteiger partial charge < -0.3 is 15.5 Å². The van der Waals surface area contributed by atoms with E-state index in [-0.39, 0.29) is 51.4 Å². The molecule has 1 saturated heterocycles. The minimum atomic E-state index is 0. The molecule has 1 aromatic carbocycles. The summed E-state index contributed by atoms with van der Waals surface area (Å²) in [5.41, 5.74) is 3.78. The molecule has 0 radical (unpaired) electrons. The van der Waals surface area contributed by atoms with Gasteiger partial charge in [-0.2, -0.15) is 0 Å². The molecule has 4 heteroatoms. The maximum Gasteiger partial charge on any atom is 1.00 e. The van der Waals surface area contributed by atoms with E-state index in [0.717, 1.165) is 38.4 Å². The van der Waals surface area contributed by atoms with Gasteiger partial charge in [0.15, 0.2) is 0 Å². The number of hydrogen-bond donors (Lipinski definition) is 1. The fraction of sp³-hybridized carbons (Fsp3) is 0.538. The van der Waals surface area contributed by atoms with Crippen LogP contribution in [0.3, 0.4) is 0 Å². The molecule has 0 bridgehead atoms. The van der Waals surface area contributed by atoms with Gasteiger partial charge in [-0.05, 0) is 18.6 Å². The second-order valence-electron chi connectivity index (χ2n) is 4.18. The monoisotopic (exact) mass is 257 g/mol. The number of hydrogen-bond acceptors (Lipinski definition) is 2. The van der Waals surface area contributed by atoms with Gasteiger partial charge in [0.2, 0.25) is 0 Å². The molecule has 0 unspecified atom stereocenters. The molecule has 0 spiro atoms. The van der Waals surface area contributed by atoms with E-state index in [1.165, 1.54) is 11.3 Å². The number of nitrogens with zero attached hydrogens (tertiary/aromatic N) is 2. The average molecular weight is 257 g/mol. The molecular weight excluding hydrogens is 237 g/mol. The van der Waals surface area contributed by atoms with Crippen LogP contribution in [0.25, 0.3) is 5.32 Å². The Balaban J connectivity index is 0.00000144. The van der Waals surface area contributed by atoms with Crippen LogP contribution in [-0.2, 0) is 0 Å². The molecule has 1 aromatic rings. The second-order valence-corrected chi connectivity index (χ2v) is 4.18. The van der Waals surface area contributed by atoms with Crippen LogP contribution in [0, 0.1) is 6.92 Å². The second kappa shape index (κ2) is 7.76. The van der Waals surface area contributed by atoms with E-state index in [4.69, 9.17) is 0 Å². The van der Waals surface area contributed by atoms with Gasteiger partial charge in [0, 0.05) is 31.9 Å². The van der Waals surface area contributed by atoms with Gasteiger partial charge in [-0.1, -0.05) is 19.1 Å². The summed E-state index contributed by atoms with van der Waals surface area (Å²) in [4.78, 5) is 2.45. The van der Waals surface area contributed by atoms with E-state index in [1.807, 2.05) is 0 Å². The average Bonchev–Trinajstić information content (AvgIpc) is 2.31. The zero-order valence-electron chi connectivity index (χ0n) is 11.2. The standard InChI is InChI=1S/C13H20N3.K/c1-3-15-12-4-5-13(11(2)10-12)16-8-6-14-7-9-16;/h4-5,10,14H,3,6-9H2,1-2H3;/q-1;+1. The summed E-state index contributed by atoms with van der Waals surface area (Å²) in [7, 11) is 0. The Kier molecular flexibility index (Phi) is 7.07. The summed E-state index contributed by atoms with van der Waals surface area (Å²) in [6.45, 7) is 9.47. The number of nitrogens with one attached hydrogen (secondary N) is 1. The Labute approximate surface area is 147 Å². The van der Waals surface area contributed by atoms with Gasteiger partial charge in [0.1, 0.15) is 0 Å². The third-order valence-electron chi connectivity index (χ3n) is 2.98. The molecule has 0 saturated carbocycles. The van der Waals surface area contributed by atoms with E-state index in [9.17, 15) is 0 Å². The first kappa shape index (κ1) is 15.5. The normalized spacial score (nSPS) is 15.3. The first-order chi connectivity index (χ1) is 7.81. The van der Waals surface area contributed by atoms with Crippen molar-refractivity contribution in [2.24, 2.45) is 0 Å². The van der Waals surface area contributed by atoms with Crippen molar-refractivity contribution in [1.82, 2.24) is 5.32 Å². The molecular formula is C13H20KN3. The van der Waals surface area contributed by atoms with Crippen molar-refractivity contribution >= 4 is 11.4 Å². The van der Waals surface area contributed by atoms with E-state index in [1.54, 1.807) is 0 Å². The molecule has 3 nitrogen and oxygen atoms in total. The fourth-order valence-corrected chi connectivity index (χ4v) is 2.18. The van der Waals surface area contributed by atoms with Crippen molar-refractivity contribution < 1.29 is 51.4 Å². The molecule has 1 aliphatic rings. The van der Waals surface area contributed by atoms with Crippen molar-refractivity contribution in [1.29, 1.82) is 0 Å². The van der Waals surface area contributed by atoms with E-state index >= 15 is 0 Å². The van der Waals surface area contributed by atoms with Gasteiger partial charge in [-0.3, -0.25) is 0 Å². The van der Waals surface area contributed by atoms with Gasteiger partial charge in [-0.15, -0.1) is 12.2 Å². The zero-order chi connectivity index (χ0) is 11.4. The third kappa shape index (κ3) is 4.23. The molecule has 1 heterocycles. The van der Waals surface area contributed by atoms with Crippen LogP contribution in [0.1, 0.15) is 12.5 Å². The van der Waals surface area contributed by atoms with E-state index in [2.05, 4.69) is 47.6 Å². The maximum absolute atomic E-state index is 4.42. The van der Waals surface area contributed by atoms with E-state index < -0.39 is 0 Å². The van der Waals surface area contributed by atoms with Crippen LogP contribution in [0.5, 0.6) is 0 Å². The van der Waals surface area contributed by atoms with Crippen LogP contribution in [-0.4, -0.2) is 32.7 Å².